The van der Waals surface area contributed by atoms with E-state index < -0.39 is 0 Å². The average molecular weight is 314 g/mol. The Bertz CT molecular complexity index is 563. The predicted octanol–water partition coefficient (Wildman–Crippen LogP) is 3.03. The molecule has 2 heterocycles. The second kappa shape index (κ2) is 7.25. The van der Waals surface area contributed by atoms with Crippen LogP contribution in [0.3, 0.4) is 0 Å². The lowest BCUT2D eigenvalue weighted by Gasteiger charge is -2.08. The lowest BCUT2D eigenvalue weighted by Crippen LogP contribution is -2.09. The van der Waals surface area contributed by atoms with Gasteiger partial charge in [0.2, 0.25) is 11.9 Å². The van der Waals surface area contributed by atoms with Gasteiger partial charge < -0.3 is 15.4 Å². The van der Waals surface area contributed by atoms with Crippen LogP contribution in [0.4, 0.5) is 11.9 Å². The van der Waals surface area contributed by atoms with Crippen molar-refractivity contribution in [2.45, 2.75) is 19.9 Å². The van der Waals surface area contributed by atoms with E-state index in [1.807, 2.05) is 19.1 Å². The Morgan fingerprint density at radius 3 is 2.70 bits per heavy atom. The van der Waals surface area contributed by atoms with E-state index in [0.29, 0.717) is 31.1 Å². The fourth-order valence-corrected chi connectivity index (χ4v) is 2.45. The van der Waals surface area contributed by atoms with Gasteiger partial charge in [0.25, 0.3) is 0 Å². The molecule has 2 aromatic rings. The molecule has 108 valence electrons. The summed E-state index contributed by atoms with van der Waals surface area (Å²) in [5.74, 6) is 0.942. The third kappa shape index (κ3) is 4.21. The predicted molar refractivity (Wildman–Crippen MR) is 81.8 cm³/mol. The van der Waals surface area contributed by atoms with E-state index in [0.717, 1.165) is 15.6 Å². The number of hydrogen-bond acceptors (Lipinski definition) is 7. The molecule has 0 atom stereocenters. The van der Waals surface area contributed by atoms with Crippen LogP contribution in [0.5, 0.6) is 6.01 Å². The van der Waals surface area contributed by atoms with Crippen LogP contribution in [0.2, 0.25) is 4.34 Å². The number of halogens is 1. The largest absolute Gasteiger partial charge is 0.463 e. The zero-order chi connectivity index (χ0) is 14.4. The molecule has 0 saturated carbocycles. The standard InChI is InChI=1S/C12H16ClN5OS/c1-3-6-19-12-17-10(14-2)16-11(18-12)15-7-8-4-5-9(13)20-8/h4-5H,3,6-7H2,1-2H3,(H2,14,15,16,17,18). The van der Waals surface area contributed by atoms with Crippen molar-refractivity contribution in [3.63, 3.8) is 0 Å². The molecule has 0 aliphatic carbocycles. The van der Waals surface area contributed by atoms with E-state index in [1.165, 1.54) is 11.3 Å². The van der Waals surface area contributed by atoms with Gasteiger partial charge in [-0.2, -0.15) is 15.0 Å². The summed E-state index contributed by atoms with van der Waals surface area (Å²) in [6.45, 7) is 3.21. The summed E-state index contributed by atoms with van der Waals surface area (Å²) < 4.78 is 6.20. The smallest absolute Gasteiger partial charge is 0.323 e. The molecule has 6 nitrogen and oxygen atoms in total. The highest BCUT2D eigenvalue weighted by atomic mass is 35.5. The summed E-state index contributed by atoms with van der Waals surface area (Å²) in [5.41, 5.74) is 0. The Morgan fingerprint density at radius 2 is 2.05 bits per heavy atom. The number of anilines is 2. The summed E-state index contributed by atoms with van der Waals surface area (Å²) in [4.78, 5) is 13.7. The van der Waals surface area contributed by atoms with Crippen molar-refractivity contribution in [3.05, 3.63) is 21.3 Å². The Hall–Kier alpha value is -1.60. The van der Waals surface area contributed by atoms with Gasteiger partial charge in [-0.3, -0.25) is 0 Å². The zero-order valence-corrected chi connectivity index (χ0v) is 12.9. The van der Waals surface area contributed by atoms with Crippen LogP contribution in [0.1, 0.15) is 18.2 Å². The topological polar surface area (TPSA) is 72.0 Å². The van der Waals surface area contributed by atoms with Crippen molar-refractivity contribution < 1.29 is 4.74 Å². The molecule has 2 aromatic heterocycles. The van der Waals surface area contributed by atoms with E-state index in [2.05, 4.69) is 25.6 Å². The zero-order valence-electron chi connectivity index (χ0n) is 11.3. The molecule has 0 fully saturated rings. The number of rotatable bonds is 7. The van der Waals surface area contributed by atoms with Gasteiger partial charge in [-0.05, 0) is 18.6 Å². The van der Waals surface area contributed by atoms with Gasteiger partial charge in [0.15, 0.2) is 0 Å². The van der Waals surface area contributed by atoms with E-state index in [9.17, 15) is 0 Å². The normalized spacial score (nSPS) is 10.3. The third-order valence-electron chi connectivity index (χ3n) is 2.32. The van der Waals surface area contributed by atoms with Crippen LogP contribution in [0, 0.1) is 0 Å². The maximum atomic E-state index is 5.89. The maximum Gasteiger partial charge on any atom is 0.323 e. The second-order valence-electron chi connectivity index (χ2n) is 3.92. The molecule has 0 bridgehead atoms. The van der Waals surface area contributed by atoms with E-state index in [-0.39, 0.29) is 0 Å². The van der Waals surface area contributed by atoms with Crippen molar-refractivity contribution >= 4 is 34.8 Å². The van der Waals surface area contributed by atoms with Crippen LogP contribution in [0.25, 0.3) is 0 Å². The first kappa shape index (κ1) is 14.8. The number of nitrogens with one attached hydrogen (secondary N) is 2. The molecule has 0 aliphatic heterocycles. The molecule has 0 spiro atoms. The van der Waals surface area contributed by atoms with Crippen LogP contribution >= 0.6 is 22.9 Å². The number of aromatic nitrogens is 3. The molecule has 0 aromatic carbocycles. The fraction of sp³-hybridized carbons (Fsp3) is 0.417. The first-order chi connectivity index (χ1) is 9.71. The van der Waals surface area contributed by atoms with Crippen LogP contribution in [0.15, 0.2) is 12.1 Å². The number of ether oxygens (including phenoxy) is 1. The van der Waals surface area contributed by atoms with E-state index in [1.54, 1.807) is 7.05 Å². The Balaban J connectivity index is 2.05. The van der Waals surface area contributed by atoms with Crippen molar-refractivity contribution in [1.29, 1.82) is 0 Å². The van der Waals surface area contributed by atoms with Crippen molar-refractivity contribution in [2.75, 3.05) is 24.3 Å². The minimum atomic E-state index is 0.318. The van der Waals surface area contributed by atoms with Crippen molar-refractivity contribution in [3.8, 4) is 6.01 Å². The number of nitrogens with zero attached hydrogens (tertiary/aromatic N) is 3. The molecule has 0 radical (unpaired) electrons. The molecule has 8 heteroatoms. The van der Waals surface area contributed by atoms with Crippen LogP contribution < -0.4 is 15.4 Å². The highest BCUT2D eigenvalue weighted by molar-refractivity contribution is 7.16. The highest BCUT2D eigenvalue weighted by Gasteiger charge is 2.07. The SMILES string of the molecule is CCCOc1nc(NC)nc(NCc2ccc(Cl)s2)n1. The Labute approximate surface area is 126 Å². The maximum absolute atomic E-state index is 5.89. The third-order valence-corrected chi connectivity index (χ3v) is 3.55. The molecule has 0 saturated heterocycles. The molecule has 0 aliphatic rings. The summed E-state index contributed by atoms with van der Waals surface area (Å²) in [5, 5.41) is 6.02. The molecule has 2 rings (SSSR count). The fourth-order valence-electron chi connectivity index (χ4n) is 1.42. The second-order valence-corrected chi connectivity index (χ2v) is 5.72. The van der Waals surface area contributed by atoms with Gasteiger partial charge in [-0.25, -0.2) is 0 Å². The minimum absolute atomic E-state index is 0.318. The van der Waals surface area contributed by atoms with E-state index >= 15 is 0 Å². The monoisotopic (exact) mass is 313 g/mol. The summed E-state index contributed by atoms with van der Waals surface area (Å²) >= 11 is 7.41. The highest BCUT2D eigenvalue weighted by Crippen LogP contribution is 2.22. The quantitative estimate of drug-likeness (QED) is 0.818. The Kier molecular flexibility index (Phi) is 5.37. The molecular formula is C12H16ClN5OS. The van der Waals surface area contributed by atoms with Gasteiger partial charge in [0.1, 0.15) is 0 Å². The average Bonchev–Trinajstić information content (AvgIpc) is 2.88. The molecular weight excluding hydrogens is 298 g/mol. The Morgan fingerprint density at radius 1 is 1.25 bits per heavy atom. The van der Waals surface area contributed by atoms with Crippen LogP contribution in [-0.2, 0) is 6.54 Å². The van der Waals surface area contributed by atoms with Gasteiger partial charge in [-0.1, -0.05) is 18.5 Å². The van der Waals surface area contributed by atoms with E-state index in [4.69, 9.17) is 16.3 Å². The molecule has 20 heavy (non-hydrogen) atoms. The summed E-state index contributed by atoms with van der Waals surface area (Å²) in [7, 11) is 1.75. The van der Waals surface area contributed by atoms with Crippen molar-refractivity contribution in [2.24, 2.45) is 0 Å². The van der Waals surface area contributed by atoms with Crippen molar-refractivity contribution in [1.82, 2.24) is 15.0 Å². The summed E-state index contributed by atoms with van der Waals surface area (Å²) in [6, 6.07) is 4.15. The number of hydrogen-bond donors (Lipinski definition) is 2. The first-order valence-electron chi connectivity index (χ1n) is 6.26. The van der Waals surface area contributed by atoms with Crippen LogP contribution in [-0.4, -0.2) is 28.6 Å². The summed E-state index contributed by atoms with van der Waals surface area (Å²) in [6.07, 6.45) is 0.900. The lowest BCUT2D eigenvalue weighted by atomic mass is 10.5. The van der Waals surface area contributed by atoms with Gasteiger partial charge in [0, 0.05) is 11.9 Å². The van der Waals surface area contributed by atoms with Gasteiger partial charge in [0.05, 0.1) is 17.5 Å². The lowest BCUT2D eigenvalue weighted by molar-refractivity contribution is 0.292. The van der Waals surface area contributed by atoms with Gasteiger partial charge in [-0.15, -0.1) is 11.3 Å². The minimum Gasteiger partial charge on any atom is -0.463 e. The molecule has 0 amide bonds. The number of thiophene rings is 1. The first-order valence-corrected chi connectivity index (χ1v) is 7.45. The molecule has 0 unspecified atom stereocenters. The van der Waals surface area contributed by atoms with Gasteiger partial charge >= 0.3 is 6.01 Å². The molecule has 2 N–H and O–H groups in total.